The molecule has 1 aromatic rings. The summed E-state index contributed by atoms with van der Waals surface area (Å²) >= 11 is 0. The normalized spacial score (nSPS) is 20.7. The molecule has 0 saturated carbocycles. The fraction of sp³-hybridized carbons (Fsp3) is 0.579. The number of aromatic nitrogens is 1. The number of nitrogens with zero attached hydrogens (tertiary/aromatic N) is 3. The van der Waals surface area contributed by atoms with Crippen LogP contribution in [0.2, 0.25) is 0 Å². The Morgan fingerprint density at radius 3 is 2.74 bits per heavy atom. The molecule has 2 amide bonds. The Balaban J connectivity index is 1.65. The van der Waals surface area contributed by atoms with Gasteiger partial charge in [-0.05, 0) is 25.0 Å². The Bertz CT molecular complexity index is 675. The highest BCUT2D eigenvalue weighted by Crippen LogP contribution is 2.25. The van der Waals surface area contributed by atoms with E-state index in [1.54, 1.807) is 16.0 Å². The number of carbonyl (C=O) groups is 3. The average Bonchev–Trinajstić information content (AvgIpc) is 3.04. The number of carboxylic acid groups (broad SMARTS) is 1. The lowest BCUT2D eigenvalue weighted by atomic mass is 10.0. The van der Waals surface area contributed by atoms with E-state index >= 15 is 0 Å². The highest BCUT2D eigenvalue weighted by atomic mass is 16.5. The molecule has 0 unspecified atom stereocenters. The summed E-state index contributed by atoms with van der Waals surface area (Å²) in [6.45, 7) is 2.04. The maximum absolute atomic E-state index is 13.1. The first-order valence-corrected chi connectivity index (χ1v) is 9.32. The van der Waals surface area contributed by atoms with Crippen molar-refractivity contribution in [1.82, 2.24) is 14.8 Å². The van der Waals surface area contributed by atoms with Crippen LogP contribution in [0.4, 0.5) is 0 Å². The summed E-state index contributed by atoms with van der Waals surface area (Å²) < 4.78 is 5.36. The first-order chi connectivity index (χ1) is 13.0. The van der Waals surface area contributed by atoms with Gasteiger partial charge < -0.3 is 19.6 Å². The van der Waals surface area contributed by atoms with Crippen molar-refractivity contribution in [2.75, 3.05) is 26.3 Å². The number of amides is 2. The summed E-state index contributed by atoms with van der Waals surface area (Å²) in [5.74, 6) is -1.55. The van der Waals surface area contributed by atoms with Gasteiger partial charge >= 0.3 is 5.97 Å². The molecule has 146 valence electrons. The van der Waals surface area contributed by atoms with Crippen LogP contribution in [-0.2, 0) is 25.7 Å². The number of carbonyl (C=O) groups excluding carboxylic acids is 2. The topological polar surface area (TPSA) is 100 Å². The minimum atomic E-state index is -0.931. The van der Waals surface area contributed by atoms with Crippen LogP contribution in [0.25, 0.3) is 0 Å². The predicted molar refractivity (Wildman–Crippen MR) is 95.6 cm³/mol. The fourth-order valence-electron chi connectivity index (χ4n) is 3.70. The van der Waals surface area contributed by atoms with Crippen LogP contribution >= 0.6 is 0 Å². The van der Waals surface area contributed by atoms with Gasteiger partial charge in [0.2, 0.25) is 11.8 Å². The molecule has 8 nitrogen and oxygen atoms in total. The molecular formula is C19H25N3O5. The molecule has 3 heterocycles. The quantitative estimate of drug-likeness (QED) is 0.760. The lowest BCUT2D eigenvalue weighted by Crippen LogP contribution is -2.47. The third kappa shape index (κ3) is 5.03. The van der Waals surface area contributed by atoms with Crippen LogP contribution in [0.5, 0.6) is 0 Å². The molecule has 2 saturated heterocycles. The molecule has 0 aromatic carbocycles. The maximum Gasteiger partial charge on any atom is 0.305 e. The Hall–Kier alpha value is -2.48. The van der Waals surface area contributed by atoms with Crippen molar-refractivity contribution in [1.29, 1.82) is 0 Å². The smallest absolute Gasteiger partial charge is 0.305 e. The molecule has 0 aliphatic carbocycles. The van der Waals surface area contributed by atoms with Gasteiger partial charge in [-0.1, -0.05) is 6.07 Å². The lowest BCUT2D eigenvalue weighted by molar-refractivity contribution is -0.142. The number of hydrogen-bond acceptors (Lipinski definition) is 5. The van der Waals surface area contributed by atoms with Crippen LogP contribution < -0.4 is 0 Å². The van der Waals surface area contributed by atoms with E-state index < -0.39 is 11.9 Å². The van der Waals surface area contributed by atoms with Crippen LogP contribution in [0.3, 0.4) is 0 Å². The number of pyridine rings is 1. The number of ether oxygens (including phenoxy) is 1. The van der Waals surface area contributed by atoms with Crippen molar-refractivity contribution < 1.29 is 24.2 Å². The Kier molecular flexibility index (Phi) is 6.39. The molecule has 2 fully saturated rings. The van der Waals surface area contributed by atoms with Gasteiger partial charge in [0.1, 0.15) is 0 Å². The Labute approximate surface area is 158 Å². The van der Waals surface area contributed by atoms with Gasteiger partial charge in [0.25, 0.3) is 0 Å². The van der Waals surface area contributed by atoms with Gasteiger partial charge in [-0.15, -0.1) is 0 Å². The second-order valence-corrected chi connectivity index (χ2v) is 7.02. The SMILES string of the molecule is O=C(O)CCN(C(=O)[C@H]1CC(=O)N(Cc2ccccn2)C1)C1CCOCC1. The molecule has 0 spiro atoms. The number of likely N-dealkylation sites (tertiary alicyclic amines) is 1. The van der Waals surface area contributed by atoms with E-state index in [0.717, 1.165) is 5.69 Å². The number of rotatable bonds is 7. The Morgan fingerprint density at radius 2 is 2.07 bits per heavy atom. The molecule has 3 rings (SSSR count). The maximum atomic E-state index is 13.1. The van der Waals surface area contributed by atoms with E-state index in [4.69, 9.17) is 9.84 Å². The van der Waals surface area contributed by atoms with Crippen molar-refractivity contribution in [3.8, 4) is 0 Å². The van der Waals surface area contributed by atoms with Crippen LogP contribution in [0.15, 0.2) is 24.4 Å². The summed E-state index contributed by atoms with van der Waals surface area (Å²) in [5, 5.41) is 9.02. The molecule has 0 bridgehead atoms. The molecule has 27 heavy (non-hydrogen) atoms. The van der Waals surface area contributed by atoms with E-state index in [1.165, 1.54) is 0 Å². The second kappa shape index (κ2) is 8.94. The van der Waals surface area contributed by atoms with Gasteiger partial charge in [0.05, 0.1) is 24.6 Å². The zero-order valence-corrected chi connectivity index (χ0v) is 15.2. The fourth-order valence-corrected chi connectivity index (χ4v) is 3.70. The summed E-state index contributed by atoms with van der Waals surface area (Å²) in [4.78, 5) is 44.0. The van der Waals surface area contributed by atoms with Crippen LogP contribution in [0.1, 0.15) is 31.4 Å². The van der Waals surface area contributed by atoms with E-state index in [-0.39, 0.29) is 37.2 Å². The van der Waals surface area contributed by atoms with Crippen molar-refractivity contribution in [2.24, 2.45) is 5.92 Å². The standard InChI is InChI=1S/C19H25N3O5/c23-17-11-14(12-21(17)13-15-3-1-2-7-20-15)19(26)22(8-4-18(24)25)16-5-9-27-10-6-16/h1-3,7,14,16H,4-6,8-13H2,(H,24,25)/t14-/m0/s1. The Morgan fingerprint density at radius 1 is 1.30 bits per heavy atom. The van der Waals surface area contributed by atoms with Gasteiger partial charge in [-0.2, -0.15) is 0 Å². The molecule has 0 radical (unpaired) electrons. The molecule has 8 heteroatoms. The largest absolute Gasteiger partial charge is 0.481 e. The molecule has 1 N–H and O–H groups in total. The van der Waals surface area contributed by atoms with Gasteiger partial charge in [0.15, 0.2) is 0 Å². The van der Waals surface area contributed by atoms with Gasteiger partial charge in [0, 0.05) is 45.0 Å². The zero-order chi connectivity index (χ0) is 19.2. The van der Waals surface area contributed by atoms with Crippen LogP contribution in [0, 0.1) is 5.92 Å². The predicted octanol–water partition coefficient (Wildman–Crippen LogP) is 0.912. The summed E-state index contributed by atoms with van der Waals surface area (Å²) in [6, 6.07) is 5.51. The molecule has 2 aliphatic rings. The number of hydrogen-bond donors (Lipinski definition) is 1. The monoisotopic (exact) mass is 375 g/mol. The minimum absolute atomic E-state index is 0.0226. The van der Waals surface area contributed by atoms with Gasteiger partial charge in [-0.3, -0.25) is 19.4 Å². The highest BCUT2D eigenvalue weighted by Gasteiger charge is 2.38. The van der Waals surface area contributed by atoms with Crippen molar-refractivity contribution in [3.63, 3.8) is 0 Å². The first-order valence-electron chi connectivity index (χ1n) is 9.32. The minimum Gasteiger partial charge on any atom is -0.481 e. The zero-order valence-electron chi connectivity index (χ0n) is 15.2. The summed E-state index contributed by atoms with van der Waals surface area (Å²) in [6.07, 6.45) is 3.14. The number of carboxylic acids is 1. The summed E-state index contributed by atoms with van der Waals surface area (Å²) in [5.41, 5.74) is 0.783. The van der Waals surface area contributed by atoms with E-state index in [9.17, 15) is 14.4 Å². The van der Waals surface area contributed by atoms with Crippen molar-refractivity contribution in [3.05, 3.63) is 30.1 Å². The second-order valence-electron chi connectivity index (χ2n) is 7.02. The molecular weight excluding hydrogens is 350 g/mol. The summed E-state index contributed by atoms with van der Waals surface area (Å²) in [7, 11) is 0. The van der Waals surface area contributed by atoms with Crippen molar-refractivity contribution in [2.45, 2.75) is 38.3 Å². The third-order valence-electron chi connectivity index (χ3n) is 5.12. The highest BCUT2D eigenvalue weighted by molar-refractivity contribution is 5.89. The van der Waals surface area contributed by atoms with E-state index in [0.29, 0.717) is 39.1 Å². The van der Waals surface area contributed by atoms with Crippen molar-refractivity contribution >= 4 is 17.8 Å². The lowest BCUT2D eigenvalue weighted by Gasteiger charge is -2.35. The number of aliphatic carboxylic acids is 1. The molecule has 1 aromatic heterocycles. The third-order valence-corrected chi connectivity index (χ3v) is 5.12. The van der Waals surface area contributed by atoms with Crippen LogP contribution in [-0.4, -0.2) is 70.0 Å². The first kappa shape index (κ1) is 19.3. The molecule has 2 aliphatic heterocycles. The average molecular weight is 375 g/mol. The van der Waals surface area contributed by atoms with E-state index in [1.807, 2.05) is 18.2 Å². The van der Waals surface area contributed by atoms with E-state index in [2.05, 4.69) is 4.98 Å². The molecule has 1 atom stereocenters. The van der Waals surface area contributed by atoms with Gasteiger partial charge in [-0.25, -0.2) is 0 Å².